The van der Waals surface area contributed by atoms with Crippen LogP contribution in [0.5, 0.6) is 5.75 Å². The predicted molar refractivity (Wildman–Crippen MR) is 123 cm³/mol. The number of phenols is 1. The van der Waals surface area contributed by atoms with Gasteiger partial charge >= 0.3 is 0 Å². The number of rotatable bonds is 4. The summed E-state index contributed by atoms with van der Waals surface area (Å²) >= 11 is 12.5. The van der Waals surface area contributed by atoms with Gasteiger partial charge in [0.2, 0.25) is 0 Å². The van der Waals surface area contributed by atoms with Gasteiger partial charge in [-0.15, -0.1) is 0 Å². The van der Waals surface area contributed by atoms with Crippen molar-refractivity contribution in [3.63, 3.8) is 0 Å². The molecule has 2 aromatic carbocycles. The van der Waals surface area contributed by atoms with Gasteiger partial charge in [-0.25, -0.2) is 0 Å². The average Bonchev–Trinajstić information content (AvgIpc) is 3.07. The number of amides is 1. The number of aliphatic hydroxyl groups excluding tert-OH is 1. The summed E-state index contributed by atoms with van der Waals surface area (Å²) in [5.41, 5.74) is 1.90. The summed E-state index contributed by atoms with van der Waals surface area (Å²) in [7, 11) is 0. The molecule has 164 valence electrons. The lowest BCUT2D eigenvalue weighted by atomic mass is 9.89. The molecule has 0 radical (unpaired) electrons. The van der Waals surface area contributed by atoms with Gasteiger partial charge in [0.15, 0.2) is 0 Å². The molecule has 1 amide bonds. The van der Waals surface area contributed by atoms with Crippen molar-refractivity contribution >= 4 is 40.5 Å². The van der Waals surface area contributed by atoms with E-state index in [1.807, 2.05) is 19.1 Å². The van der Waals surface area contributed by atoms with Gasteiger partial charge in [0, 0.05) is 10.9 Å². The van der Waals surface area contributed by atoms with Crippen molar-refractivity contribution in [2.75, 3.05) is 5.01 Å². The van der Waals surface area contributed by atoms with Gasteiger partial charge in [-0.2, -0.15) is 5.10 Å². The van der Waals surface area contributed by atoms with Gasteiger partial charge in [-0.3, -0.25) is 9.80 Å². The van der Waals surface area contributed by atoms with Crippen LogP contribution in [0.15, 0.2) is 47.6 Å². The van der Waals surface area contributed by atoms with Crippen molar-refractivity contribution in [2.45, 2.75) is 50.8 Å². The van der Waals surface area contributed by atoms with Crippen LogP contribution in [0.25, 0.3) is 0 Å². The summed E-state index contributed by atoms with van der Waals surface area (Å²) in [4.78, 5) is 13.1. The summed E-state index contributed by atoms with van der Waals surface area (Å²) in [6.45, 7) is 1.94. The third-order valence-corrected chi connectivity index (χ3v) is 6.59. The van der Waals surface area contributed by atoms with E-state index in [1.54, 1.807) is 35.3 Å². The van der Waals surface area contributed by atoms with Crippen molar-refractivity contribution in [1.29, 1.82) is 0 Å². The lowest BCUT2D eigenvalue weighted by molar-refractivity contribution is -0.116. The van der Waals surface area contributed by atoms with Crippen LogP contribution in [0.2, 0.25) is 10.0 Å². The molecule has 0 saturated heterocycles. The monoisotopic (exact) mass is 461 g/mol. The highest BCUT2D eigenvalue weighted by Gasteiger charge is 2.41. The van der Waals surface area contributed by atoms with E-state index in [9.17, 15) is 15.0 Å². The van der Waals surface area contributed by atoms with Gasteiger partial charge < -0.3 is 15.5 Å². The Morgan fingerprint density at radius 2 is 1.84 bits per heavy atom. The van der Waals surface area contributed by atoms with Gasteiger partial charge in [0.05, 0.1) is 28.9 Å². The number of hydrogen-bond acceptors (Lipinski definition) is 5. The molecule has 1 aliphatic carbocycles. The topological polar surface area (TPSA) is 85.2 Å². The molecule has 0 unspecified atom stereocenters. The maximum atomic E-state index is 13.1. The number of halogens is 2. The van der Waals surface area contributed by atoms with Crippen LogP contribution in [0.3, 0.4) is 0 Å². The minimum Gasteiger partial charge on any atom is -0.508 e. The molecule has 31 heavy (non-hydrogen) atoms. The number of aromatic hydroxyl groups is 1. The zero-order chi connectivity index (χ0) is 22.1. The first kappa shape index (κ1) is 21.9. The SMILES string of the molecule is C[C@H]1C(C(=O)N[C@H]2CCCC[C@@H]2O)=NN(c2ccc(Cl)cc2Cl)[C@H]1c1ccc(O)cc1. The summed E-state index contributed by atoms with van der Waals surface area (Å²) in [5, 5.41) is 30.3. The molecule has 1 saturated carbocycles. The lowest BCUT2D eigenvalue weighted by Gasteiger charge is -2.29. The minimum atomic E-state index is -0.537. The van der Waals surface area contributed by atoms with Crippen molar-refractivity contribution < 1.29 is 15.0 Å². The molecule has 2 aliphatic rings. The van der Waals surface area contributed by atoms with Crippen molar-refractivity contribution in [1.82, 2.24) is 5.32 Å². The Kier molecular flexibility index (Phi) is 6.42. The fourth-order valence-electron chi connectivity index (χ4n) is 4.38. The highest BCUT2D eigenvalue weighted by molar-refractivity contribution is 6.41. The van der Waals surface area contributed by atoms with Crippen molar-refractivity contribution in [3.8, 4) is 5.75 Å². The maximum absolute atomic E-state index is 13.1. The molecule has 4 rings (SSSR count). The number of anilines is 1. The van der Waals surface area contributed by atoms with Gasteiger partial charge in [0.1, 0.15) is 11.5 Å². The number of hydrazone groups is 1. The standard InChI is InChI=1S/C23H25Cl2N3O3/c1-13-21(23(31)26-18-4-2-3-5-20(18)30)27-28(19-11-8-15(24)12-17(19)25)22(13)14-6-9-16(29)10-7-14/h6-13,18,20,22,29-30H,2-5H2,1H3,(H,26,31)/t13-,18-,20-,22+/m0/s1. The second-order valence-corrected chi connectivity index (χ2v) is 9.03. The van der Waals surface area contributed by atoms with Gasteiger partial charge in [-0.05, 0) is 48.7 Å². The van der Waals surface area contributed by atoms with Crippen LogP contribution >= 0.6 is 23.2 Å². The molecule has 4 atom stereocenters. The van der Waals surface area contributed by atoms with E-state index in [4.69, 9.17) is 23.2 Å². The number of carbonyl (C=O) groups excluding carboxylic acids is 1. The number of nitrogens with zero attached hydrogens (tertiary/aromatic N) is 2. The van der Waals surface area contributed by atoms with E-state index in [2.05, 4.69) is 10.4 Å². The highest BCUT2D eigenvalue weighted by atomic mass is 35.5. The Labute approximate surface area is 191 Å². The minimum absolute atomic E-state index is 0.163. The van der Waals surface area contributed by atoms with Gasteiger partial charge in [0.25, 0.3) is 5.91 Å². The fraction of sp³-hybridized carbons (Fsp3) is 0.391. The number of benzene rings is 2. The van der Waals surface area contributed by atoms with E-state index in [-0.39, 0.29) is 29.7 Å². The highest BCUT2D eigenvalue weighted by Crippen LogP contribution is 2.42. The average molecular weight is 462 g/mol. The molecular weight excluding hydrogens is 437 g/mol. The zero-order valence-corrected chi connectivity index (χ0v) is 18.6. The quantitative estimate of drug-likeness (QED) is 0.617. The van der Waals surface area contributed by atoms with Crippen LogP contribution < -0.4 is 10.3 Å². The van der Waals surface area contributed by atoms with E-state index >= 15 is 0 Å². The van der Waals surface area contributed by atoms with Crippen LogP contribution in [0.1, 0.15) is 44.2 Å². The first-order valence-electron chi connectivity index (χ1n) is 10.5. The molecule has 8 heteroatoms. The molecule has 0 bridgehead atoms. The predicted octanol–water partition coefficient (Wildman–Crippen LogP) is 4.67. The van der Waals surface area contributed by atoms with E-state index in [0.717, 1.165) is 24.8 Å². The molecule has 0 aromatic heterocycles. The van der Waals surface area contributed by atoms with E-state index in [1.165, 1.54) is 0 Å². The number of aliphatic hydroxyl groups is 1. The Morgan fingerprint density at radius 3 is 2.52 bits per heavy atom. The Hall–Kier alpha value is -2.28. The molecule has 0 spiro atoms. The largest absolute Gasteiger partial charge is 0.508 e. The number of phenolic OH excluding ortho intramolecular Hbond substituents is 1. The van der Waals surface area contributed by atoms with Gasteiger partial charge in [-0.1, -0.05) is 55.1 Å². The number of hydrogen-bond donors (Lipinski definition) is 3. The summed E-state index contributed by atoms with van der Waals surface area (Å²) in [6.07, 6.45) is 2.85. The third-order valence-electron chi connectivity index (χ3n) is 6.05. The zero-order valence-electron chi connectivity index (χ0n) is 17.1. The summed E-state index contributed by atoms with van der Waals surface area (Å²) < 4.78 is 0. The van der Waals surface area contributed by atoms with Crippen LogP contribution in [0, 0.1) is 5.92 Å². The Bertz CT molecular complexity index is 996. The molecule has 6 nitrogen and oxygen atoms in total. The molecule has 1 heterocycles. The Balaban J connectivity index is 1.68. The molecule has 3 N–H and O–H groups in total. The smallest absolute Gasteiger partial charge is 0.268 e. The normalized spacial score (nSPS) is 25.9. The van der Waals surface area contributed by atoms with E-state index < -0.39 is 6.10 Å². The lowest BCUT2D eigenvalue weighted by Crippen LogP contribution is -2.48. The summed E-state index contributed by atoms with van der Waals surface area (Å²) in [5.74, 6) is -0.373. The first-order valence-corrected chi connectivity index (χ1v) is 11.2. The molecule has 1 fully saturated rings. The van der Waals surface area contributed by atoms with Crippen LogP contribution in [-0.2, 0) is 4.79 Å². The number of carbonyl (C=O) groups is 1. The molecule has 1 aliphatic heterocycles. The Morgan fingerprint density at radius 1 is 1.13 bits per heavy atom. The fourth-order valence-corrected chi connectivity index (χ4v) is 4.87. The summed E-state index contributed by atoms with van der Waals surface area (Å²) in [6, 6.07) is 11.4. The third kappa shape index (κ3) is 4.52. The molecular formula is C23H25Cl2N3O3. The van der Waals surface area contributed by atoms with E-state index in [0.29, 0.717) is 27.9 Å². The number of nitrogens with one attached hydrogen (secondary N) is 1. The second kappa shape index (κ2) is 9.07. The maximum Gasteiger partial charge on any atom is 0.268 e. The second-order valence-electron chi connectivity index (χ2n) is 8.18. The first-order chi connectivity index (χ1) is 14.8. The van der Waals surface area contributed by atoms with Crippen LogP contribution in [-0.4, -0.2) is 34.0 Å². The molecule has 2 aromatic rings. The van der Waals surface area contributed by atoms with Crippen molar-refractivity contribution in [2.24, 2.45) is 11.0 Å². The van der Waals surface area contributed by atoms with Crippen molar-refractivity contribution in [3.05, 3.63) is 58.1 Å². The van der Waals surface area contributed by atoms with Crippen LogP contribution in [0.4, 0.5) is 5.69 Å².